The summed E-state index contributed by atoms with van der Waals surface area (Å²) in [4.78, 5) is 9.56. The highest BCUT2D eigenvalue weighted by Crippen LogP contribution is 2.29. The molecule has 17 heavy (non-hydrogen) atoms. The van der Waals surface area contributed by atoms with Crippen LogP contribution in [0.15, 0.2) is 15.0 Å². The average Bonchev–Trinajstić information content (AvgIpc) is 2.90. The maximum Gasteiger partial charge on any atom is 0.268 e. The lowest BCUT2D eigenvalue weighted by atomic mass is 10.4. The van der Waals surface area contributed by atoms with Crippen LogP contribution in [0.25, 0.3) is 11.3 Å². The second-order valence-electron chi connectivity index (χ2n) is 3.84. The van der Waals surface area contributed by atoms with Crippen molar-refractivity contribution in [3.8, 4) is 0 Å². The molecule has 0 fully saturated rings. The molecule has 0 radical (unpaired) electrons. The van der Waals surface area contributed by atoms with Crippen LogP contribution in [0.3, 0.4) is 0 Å². The number of nitrogen functional groups attached to an aromatic ring is 1. The molecule has 0 unspecified atom stereocenters. The molecule has 3 aromatic rings. The minimum absolute atomic E-state index is 0.469. The zero-order valence-electron chi connectivity index (χ0n) is 9.48. The SMILES string of the molecule is Cc1ncc(Cc2nc3oc(C)c(N)c3o2)s1. The maximum absolute atomic E-state index is 5.81. The van der Waals surface area contributed by atoms with Crippen LogP contribution in [-0.4, -0.2) is 9.97 Å². The van der Waals surface area contributed by atoms with Crippen molar-refractivity contribution in [1.82, 2.24) is 9.97 Å². The number of thiazole rings is 1. The molecule has 0 amide bonds. The van der Waals surface area contributed by atoms with E-state index in [0.29, 0.717) is 35.1 Å². The van der Waals surface area contributed by atoms with E-state index in [2.05, 4.69) is 9.97 Å². The predicted molar refractivity (Wildman–Crippen MR) is 65.1 cm³/mol. The van der Waals surface area contributed by atoms with Crippen LogP contribution in [0.4, 0.5) is 5.69 Å². The molecule has 3 heterocycles. The molecule has 0 spiro atoms. The topological polar surface area (TPSA) is 78.1 Å². The first kappa shape index (κ1) is 10.3. The third kappa shape index (κ3) is 1.70. The second kappa shape index (κ2) is 3.59. The summed E-state index contributed by atoms with van der Waals surface area (Å²) >= 11 is 1.63. The van der Waals surface area contributed by atoms with Gasteiger partial charge >= 0.3 is 0 Å². The summed E-state index contributed by atoms with van der Waals surface area (Å²) in [5, 5.41) is 1.03. The molecule has 6 heteroatoms. The largest absolute Gasteiger partial charge is 0.438 e. The van der Waals surface area contributed by atoms with Gasteiger partial charge in [-0.25, -0.2) is 4.98 Å². The number of hydrogen-bond acceptors (Lipinski definition) is 6. The van der Waals surface area contributed by atoms with Gasteiger partial charge in [-0.1, -0.05) is 0 Å². The fourth-order valence-corrected chi connectivity index (χ4v) is 2.45. The molecule has 0 bridgehead atoms. The van der Waals surface area contributed by atoms with Crippen molar-refractivity contribution in [2.75, 3.05) is 5.73 Å². The van der Waals surface area contributed by atoms with Crippen LogP contribution in [-0.2, 0) is 6.42 Å². The van der Waals surface area contributed by atoms with E-state index in [1.54, 1.807) is 18.3 Å². The van der Waals surface area contributed by atoms with E-state index in [1.165, 1.54) is 0 Å². The number of nitrogens with two attached hydrogens (primary N) is 1. The molecule has 88 valence electrons. The molecule has 0 aliphatic carbocycles. The number of hydrogen-bond donors (Lipinski definition) is 1. The van der Waals surface area contributed by atoms with Crippen molar-refractivity contribution in [3.63, 3.8) is 0 Å². The molecule has 0 saturated heterocycles. The Morgan fingerprint density at radius 2 is 2.18 bits per heavy atom. The molecular weight excluding hydrogens is 238 g/mol. The Hall–Kier alpha value is -1.82. The summed E-state index contributed by atoms with van der Waals surface area (Å²) in [6, 6.07) is 0. The van der Waals surface area contributed by atoms with Gasteiger partial charge in [0.25, 0.3) is 5.71 Å². The fourth-order valence-electron chi connectivity index (χ4n) is 1.66. The molecular formula is C11H11N3O2S. The van der Waals surface area contributed by atoms with E-state index in [4.69, 9.17) is 14.6 Å². The zero-order chi connectivity index (χ0) is 12.0. The summed E-state index contributed by atoms with van der Waals surface area (Å²) in [5.74, 6) is 1.25. The van der Waals surface area contributed by atoms with Gasteiger partial charge < -0.3 is 14.6 Å². The first-order valence-electron chi connectivity index (χ1n) is 5.19. The lowest BCUT2D eigenvalue weighted by molar-refractivity contribution is 0.542. The van der Waals surface area contributed by atoms with Crippen LogP contribution in [0.1, 0.15) is 21.5 Å². The zero-order valence-corrected chi connectivity index (χ0v) is 10.3. The van der Waals surface area contributed by atoms with E-state index < -0.39 is 0 Å². The third-order valence-corrected chi connectivity index (χ3v) is 3.42. The lowest BCUT2D eigenvalue weighted by Gasteiger charge is -1.90. The van der Waals surface area contributed by atoms with Gasteiger partial charge in [-0.3, -0.25) is 0 Å². The van der Waals surface area contributed by atoms with Gasteiger partial charge in [-0.05, 0) is 13.8 Å². The summed E-state index contributed by atoms with van der Waals surface area (Å²) < 4.78 is 11.0. The molecule has 2 N–H and O–H groups in total. The summed E-state index contributed by atoms with van der Waals surface area (Å²) in [6.45, 7) is 3.76. The van der Waals surface area contributed by atoms with Crippen LogP contribution >= 0.6 is 11.3 Å². The molecule has 0 aromatic carbocycles. The number of anilines is 1. The molecule has 5 nitrogen and oxygen atoms in total. The monoisotopic (exact) mass is 249 g/mol. The Bertz CT molecular complexity index is 680. The highest BCUT2D eigenvalue weighted by molar-refractivity contribution is 7.11. The summed E-state index contributed by atoms with van der Waals surface area (Å²) in [7, 11) is 0. The van der Waals surface area contributed by atoms with E-state index in [0.717, 1.165) is 9.88 Å². The Balaban J connectivity index is 1.96. The van der Waals surface area contributed by atoms with Crippen LogP contribution in [0.5, 0.6) is 0 Å². The van der Waals surface area contributed by atoms with Crippen LogP contribution < -0.4 is 5.73 Å². The van der Waals surface area contributed by atoms with Gasteiger partial charge in [0, 0.05) is 11.1 Å². The lowest BCUT2D eigenvalue weighted by Crippen LogP contribution is -1.85. The molecule has 0 aliphatic heterocycles. The van der Waals surface area contributed by atoms with Gasteiger partial charge in [-0.15, -0.1) is 11.3 Å². The van der Waals surface area contributed by atoms with Crippen molar-refractivity contribution >= 4 is 28.3 Å². The van der Waals surface area contributed by atoms with Crippen molar-refractivity contribution in [3.05, 3.63) is 27.7 Å². The average molecular weight is 249 g/mol. The molecule has 3 aromatic heterocycles. The first-order valence-corrected chi connectivity index (χ1v) is 6.00. The molecule has 3 rings (SSSR count). The van der Waals surface area contributed by atoms with E-state index >= 15 is 0 Å². The number of fused-ring (bicyclic) bond motifs is 1. The Labute approximate surface area is 101 Å². The Morgan fingerprint density at radius 3 is 2.82 bits per heavy atom. The summed E-state index contributed by atoms with van der Waals surface area (Å²) in [6.07, 6.45) is 2.45. The second-order valence-corrected chi connectivity index (χ2v) is 5.16. The van der Waals surface area contributed by atoms with Crippen molar-refractivity contribution in [2.45, 2.75) is 20.3 Å². The van der Waals surface area contributed by atoms with Crippen LogP contribution in [0, 0.1) is 13.8 Å². The van der Waals surface area contributed by atoms with Crippen molar-refractivity contribution in [1.29, 1.82) is 0 Å². The minimum atomic E-state index is 0.469. The fraction of sp³-hybridized carbons (Fsp3) is 0.273. The third-order valence-electron chi connectivity index (χ3n) is 2.51. The maximum atomic E-state index is 5.81. The van der Waals surface area contributed by atoms with Gasteiger partial charge in [0.15, 0.2) is 0 Å². The molecule has 0 aliphatic rings. The van der Waals surface area contributed by atoms with Crippen molar-refractivity contribution in [2.24, 2.45) is 0 Å². The first-order chi connectivity index (χ1) is 8.13. The smallest absolute Gasteiger partial charge is 0.268 e. The standard InChI is InChI=1S/C11H11N3O2S/c1-5-9(12)10-11(15-5)14-8(16-10)3-7-4-13-6(2)17-7/h4H,3,12H2,1-2H3. The van der Waals surface area contributed by atoms with Gasteiger partial charge in [0.05, 0.1) is 11.4 Å². The van der Waals surface area contributed by atoms with Crippen molar-refractivity contribution < 1.29 is 8.83 Å². The number of nitrogens with zero attached hydrogens (tertiary/aromatic N) is 2. The highest BCUT2D eigenvalue weighted by Gasteiger charge is 2.16. The highest BCUT2D eigenvalue weighted by atomic mass is 32.1. The number of aromatic nitrogens is 2. The molecule has 0 saturated carbocycles. The van der Waals surface area contributed by atoms with Gasteiger partial charge in [0.1, 0.15) is 11.4 Å². The van der Waals surface area contributed by atoms with E-state index in [1.807, 2.05) is 13.1 Å². The minimum Gasteiger partial charge on any atom is -0.438 e. The normalized spacial score (nSPS) is 11.4. The predicted octanol–water partition coefficient (Wildman–Crippen LogP) is 2.67. The van der Waals surface area contributed by atoms with Crippen LogP contribution in [0.2, 0.25) is 0 Å². The Morgan fingerprint density at radius 1 is 1.35 bits per heavy atom. The molecule has 0 atom stereocenters. The number of oxazole rings is 1. The quantitative estimate of drug-likeness (QED) is 0.755. The van der Waals surface area contributed by atoms with E-state index in [-0.39, 0.29) is 0 Å². The van der Waals surface area contributed by atoms with E-state index in [9.17, 15) is 0 Å². The van der Waals surface area contributed by atoms with Gasteiger partial charge in [0.2, 0.25) is 11.5 Å². The number of rotatable bonds is 2. The summed E-state index contributed by atoms with van der Waals surface area (Å²) in [5.41, 5.74) is 7.35. The number of aryl methyl sites for hydroxylation is 2. The number of furan rings is 1. The van der Waals surface area contributed by atoms with Gasteiger partial charge in [-0.2, -0.15) is 4.98 Å². The Kier molecular flexibility index (Phi) is 2.19.